The van der Waals surface area contributed by atoms with E-state index in [0.29, 0.717) is 17.7 Å². The minimum Gasteiger partial charge on any atom is -0.335 e. The number of fused-ring (bicyclic) bond motifs is 1. The van der Waals surface area contributed by atoms with E-state index in [4.69, 9.17) is 0 Å². The summed E-state index contributed by atoms with van der Waals surface area (Å²) in [5.74, 6) is 0.724. The molecule has 1 amide bonds. The summed E-state index contributed by atoms with van der Waals surface area (Å²) < 4.78 is 0. The van der Waals surface area contributed by atoms with Crippen molar-refractivity contribution in [2.24, 2.45) is 5.92 Å². The Balaban J connectivity index is 1.40. The third-order valence-electron chi connectivity index (χ3n) is 4.51. The van der Waals surface area contributed by atoms with Crippen LogP contribution in [-0.4, -0.2) is 46.4 Å². The van der Waals surface area contributed by atoms with E-state index in [9.17, 15) is 4.79 Å². The van der Waals surface area contributed by atoms with Crippen LogP contribution in [0, 0.1) is 5.92 Å². The van der Waals surface area contributed by atoms with E-state index in [-0.39, 0.29) is 5.91 Å². The molecular formula is C16H17N3OS. The molecule has 2 saturated heterocycles. The minimum absolute atomic E-state index is 0.0883. The molecule has 0 bridgehead atoms. The molecule has 0 N–H and O–H groups in total. The maximum atomic E-state index is 12.3. The summed E-state index contributed by atoms with van der Waals surface area (Å²) in [5, 5.41) is 1.84. The first-order chi connectivity index (χ1) is 10.3. The summed E-state index contributed by atoms with van der Waals surface area (Å²) in [7, 11) is 0. The van der Waals surface area contributed by atoms with Gasteiger partial charge < -0.3 is 4.90 Å². The number of carbonyl (C=O) groups excluding carboxylic acids is 1. The molecule has 4 rings (SSSR count). The molecule has 2 fully saturated rings. The zero-order chi connectivity index (χ0) is 14.2. The van der Waals surface area contributed by atoms with Crippen LogP contribution in [0.2, 0.25) is 0 Å². The Bertz CT molecular complexity index is 628. The van der Waals surface area contributed by atoms with Crippen LogP contribution in [0.5, 0.6) is 0 Å². The Hall–Kier alpha value is -1.72. The maximum Gasteiger partial charge on any atom is 0.273 e. The summed E-state index contributed by atoms with van der Waals surface area (Å²) in [6, 6.07) is 11.1. The van der Waals surface area contributed by atoms with Crippen LogP contribution in [-0.2, 0) is 6.54 Å². The summed E-state index contributed by atoms with van der Waals surface area (Å²) in [6.45, 7) is 3.81. The fourth-order valence-electron chi connectivity index (χ4n) is 3.39. The highest BCUT2D eigenvalue weighted by molar-refractivity contribution is 7.07. The van der Waals surface area contributed by atoms with Gasteiger partial charge in [-0.05, 0) is 5.56 Å². The molecule has 21 heavy (non-hydrogen) atoms. The van der Waals surface area contributed by atoms with Crippen LogP contribution in [0.1, 0.15) is 16.1 Å². The summed E-state index contributed by atoms with van der Waals surface area (Å²) in [6.07, 6.45) is 0. The van der Waals surface area contributed by atoms with E-state index < -0.39 is 0 Å². The van der Waals surface area contributed by atoms with Crippen LogP contribution in [0.4, 0.5) is 0 Å². The molecule has 0 aliphatic carbocycles. The van der Waals surface area contributed by atoms with Gasteiger partial charge in [0.1, 0.15) is 5.69 Å². The van der Waals surface area contributed by atoms with Gasteiger partial charge in [0.2, 0.25) is 0 Å². The molecular weight excluding hydrogens is 282 g/mol. The van der Waals surface area contributed by atoms with Crippen molar-refractivity contribution in [3.63, 3.8) is 0 Å². The Morgan fingerprint density at radius 3 is 2.86 bits per heavy atom. The van der Waals surface area contributed by atoms with Crippen molar-refractivity contribution in [1.82, 2.24) is 14.8 Å². The molecule has 0 radical (unpaired) electrons. The van der Waals surface area contributed by atoms with Gasteiger partial charge >= 0.3 is 0 Å². The molecule has 2 aromatic rings. The molecule has 1 aromatic carbocycles. The lowest BCUT2D eigenvalue weighted by Gasteiger charge is -2.43. The highest BCUT2D eigenvalue weighted by Crippen LogP contribution is 2.34. The number of benzene rings is 1. The second-order valence-corrected chi connectivity index (χ2v) is 6.54. The molecule has 0 saturated carbocycles. The van der Waals surface area contributed by atoms with Crippen LogP contribution in [0.15, 0.2) is 41.2 Å². The van der Waals surface area contributed by atoms with Crippen LogP contribution < -0.4 is 0 Å². The third-order valence-corrected chi connectivity index (χ3v) is 5.10. The highest BCUT2D eigenvalue weighted by atomic mass is 32.1. The van der Waals surface area contributed by atoms with Crippen molar-refractivity contribution in [1.29, 1.82) is 0 Å². The average Bonchev–Trinajstić information content (AvgIpc) is 3.13. The fraction of sp³-hybridized carbons (Fsp3) is 0.375. The Kier molecular flexibility index (Phi) is 3.24. The summed E-state index contributed by atoms with van der Waals surface area (Å²) in [5.41, 5.74) is 3.66. The average molecular weight is 299 g/mol. The smallest absolute Gasteiger partial charge is 0.273 e. The quantitative estimate of drug-likeness (QED) is 0.871. The Morgan fingerprint density at radius 2 is 2.10 bits per heavy atom. The number of amides is 1. The normalized spacial score (nSPS) is 24.7. The fourth-order valence-corrected chi connectivity index (χ4v) is 3.92. The number of hydrogen-bond acceptors (Lipinski definition) is 4. The predicted molar refractivity (Wildman–Crippen MR) is 82.1 cm³/mol. The molecule has 2 atom stereocenters. The highest BCUT2D eigenvalue weighted by Gasteiger charge is 2.46. The van der Waals surface area contributed by atoms with Gasteiger partial charge in [-0.25, -0.2) is 4.98 Å². The van der Waals surface area contributed by atoms with Gasteiger partial charge in [0.15, 0.2) is 0 Å². The van der Waals surface area contributed by atoms with Gasteiger partial charge in [-0.1, -0.05) is 30.3 Å². The molecule has 5 heteroatoms. The molecule has 4 nitrogen and oxygen atoms in total. The molecule has 3 heterocycles. The van der Waals surface area contributed by atoms with Gasteiger partial charge in [-0.15, -0.1) is 11.3 Å². The Labute approximate surface area is 128 Å². The molecule has 2 aliphatic heterocycles. The van der Waals surface area contributed by atoms with Gasteiger partial charge in [0.25, 0.3) is 5.91 Å². The van der Waals surface area contributed by atoms with E-state index in [1.807, 2.05) is 16.3 Å². The number of carbonyl (C=O) groups is 1. The number of nitrogens with zero attached hydrogens (tertiary/aromatic N) is 3. The molecule has 0 spiro atoms. The second kappa shape index (κ2) is 5.24. The third kappa shape index (κ3) is 2.36. The lowest BCUT2D eigenvalue weighted by atomic mass is 9.91. The maximum absolute atomic E-state index is 12.3. The predicted octanol–water partition coefficient (Wildman–Crippen LogP) is 2.10. The van der Waals surface area contributed by atoms with Gasteiger partial charge in [0, 0.05) is 43.5 Å². The minimum atomic E-state index is 0.0883. The van der Waals surface area contributed by atoms with E-state index in [0.717, 1.165) is 26.2 Å². The van der Waals surface area contributed by atoms with Crippen molar-refractivity contribution in [3.8, 4) is 0 Å². The SMILES string of the molecule is O=C(c1cscn1)N1C[C@H]2CN(Cc3ccccc3)[C@@H]2C1. The first kappa shape index (κ1) is 13.0. The van der Waals surface area contributed by atoms with Gasteiger partial charge in [-0.3, -0.25) is 9.69 Å². The van der Waals surface area contributed by atoms with Crippen molar-refractivity contribution >= 4 is 17.2 Å². The summed E-state index contributed by atoms with van der Waals surface area (Å²) in [4.78, 5) is 20.9. The van der Waals surface area contributed by atoms with Gasteiger partial charge in [0.05, 0.1) is 5.51 Å². The topological polar surface area (TPSA) is 36.4 Å². The van der Waals surface area contributed by atoms with E-state index in [1.165, 1.54) is 16.9 Å². The monoisotopic (exact) mass is 299 g/mol. The van der Waals surface area contributed by atoms with E-state index >= 15 is 0 Å². The first-order valence-corrected chi connectivity index (χ1v) is 8.21. The van der Waals surface area contributed by atoms with Crippen molar-refractivity contribution in [3.05, 3.63) is 52.5 Å². The van der Waals surface area contributed by atoms with Crippen molar-refractivity contribution in [2.75, 3.05) is 19.6 Å². The lowest BCUT2D eigenvalue weighted by Crippen LogP contribution is -2.54. The number of thiazole rings is 1. The van der Waals surface area contributed by atoms with Crippen molar-refractivity contribution < 1.29 is 4.79 Å². The molecule has 108 valence electrons. The standard InChI is InChI=1S/C16H17N3OS/c20-16(14-10-21-11-17-14)19-8-13-7-18(15(13)9-19)6-12-4-2-1-3-5-12/h1-5,10-11,13,15H,6-9H2/t13-,15-/m1/s1. The van der Waals surface area contributed by atoms with Crippen molar-refractivity contribution in [2.45, 2.75) is 12.6 Å². The number of hydrogen-bond donors (Lipinski definition) is 0. The molecule has 2 aliphatic rings. The molecule has 1 aromatic heterocycles. The van der Waals surface area contributed by atoms with Gasteiger partial charge in [-0.2, -0.15) is 0 Å². The lowest BCUT2D eigenvalue weighted by molar-refractivity contribution is 0.0433. The Morgan fingerprint density at radius 1 is 1.24 bits per heavy atom. The largest absolute Gasteiger partial charge is 0.335 e. The van der Waals surface area contributed by atoms with Crippen LogP contribution in [0.25, 0.3) is 0 Å². The second-order valence-electron chi connectivity index (χ2n) is 5.83. The number of likely N-dealkylation sites (tertiary alicyclic amines) is 2. The van der Waals surface area contributed by atoms with Crippen LogP contribution >= 0.6 is 11.3 Å². The number of aromatic nitrogens is 1. The molecule has 0 unspecified atom stereocenters. The summed E-state index contributed by atoms with van der Waals surface area (Å²) >= 11 is 1.48. The van der Waals surface area contributed by atoms with E-state index in [2.05, 4.69) is 34.1 Å². The zero-order valence-corrected chi connectivity index (χ0v) is 12.5. The number of rotatable bonds is 3. The van der Waals surface area contributed by atoms with Crippen LogP contribution in [0.3, 0.4) is 0 Å². The van der Waals surface area contributed by atoms with E-state index in [1.54, 1.807) is 5.51 Å². The zero-order valence-electron chi connectivity index (χ0n) is 11.7. The first-order valence-electron chi connectivity index (χ1n) is 7.27.